The molecule has 0 aliphatic heterocycles. The van der Waals surface area contributed by atoms with Gasteiger partial charge in [0.05, 0.1) is 18.2 Å². The van der Waals surface area contributed by atoms with Crippen LogP contribution in [-0.2, 0) is 7.05 Å². The van der Waals surface area contributed by atoms with Crippen molar-refractivity contribution >= 4 is 16.9 Å². The molecule has 2 aromatic rings. The third-order valence-electron chi connectivity index (χ3n) is 2.51. The number of fused-ring (bicyclic) bond motifs is 1. The standard InChI is InChI=1S/C10H15N5O2/c1-10(17,5-16)4-11-8-7-3-14-15(2)9(7)13-6-12-8/h3,6,16-17H,4-5H2,1-2H3,(H,11,12,13). The Bertz CT molecular complexity index is 522. The normalized spacial score (nSPS) is 14.8. The Morgan fingerprint density at radius 1 is 1.47 bits per heavy atom. The van der Waals surface area contributed by atoms with Crippen LogP contribution in [0.1, 0.15) is 6.92 Å². The Labute approximate surface area is 98.1 Å². The number of aromatic nitrogens is 4. The molecule has 0 saturated heterocycles. The van der Waals surface area contributed by atoms with Crippen LogP contribution >= 0.6 is 0 Å². The number of rotatable bonds is 4. The van der Waals surface area contributed by atoms with Crippen molar-refractivity contribution < 1.29 is 10.2 Å². The lowest BCUT2D eigenvalue weighted by atomic mass is 10.1. The molecule has 17 heavy (non-hydrogen) atoms. The van der Waals surface area contributed by atoms with Gasteiger partial charge >= 0.3 is 0 Å². The average Bonchev–Trinajstić information content (AvgIpc) is 2.70. The Morgan fingerprint density at radius 3 is 2.94 bits per heavy atom. The summed E-state index contributed by atoms with van der Waals surface area (Å²) < 4.78 is 1.65. The van der Waals surface area contributed by atoms with Crippen LogP contribution < -0.4 is 5.32 Å². The van der Waals surface area contributed by atoms with Crippen molar-refractivity contribution in [3.8, 4) is 0 Å². The first-order chi connectivity index (χ1) is 8.03. The topological polar surface area (TPSA) is 96.1 Å². The van der Waals surface area contributed by atoms with Gasteiger partial charge in [-0.3, -0.25) is 4.68 Å². The Morgan fingerprint density at radius 2 is 2.24 bits per heavy atom. The molecule has 2 aromatic heterocycles. The molecule has 7 heteroatoms. The lowest BCUT2D eigenvalue weighted by Crippen LogP contribution is -2.37. The largest absolute Gasteiger partial charge is 0.393 e. The Hall–Kier alpha value is -1.73. The minimum absolute atomic E-state index is 0.199. The zero-order chi connectivity index (χ0) is 12.5. The molecule has 0 amide bonds. The molecule has 1 unspecified atom stereocenters. The number of aliphatic hydroxyl groups is 2. The summed E-state index contributed by atoms with van der Waals surface area (Å²) >= 11 is 0. The van der Waals surface area contributed by atoms with E-state index in [1.54, 1.807) is 24.9 Å². The van der Waals surface area contributed by atoms with Crippen molar-refractivity contribution in [3.05, 3.63) is 12.5 Å². The number of hydrogen-bond donors (Lipinski definition) is 3. The number of anilines is 1. The van der Waals surface area contributed by atoms with Gasteiger partial charge in [-0.2, -0.15) is 5.10 Å². The van der Waals surface area contributed by atoms with Crippen molar-refractivity contribution in [3.63, 3.8) is 0 Å². The van der Waals surface area contributed by atoms with Crippen LogP contribution in [0.2, 0.25) is 0 Å². The van der Waals surface area contributed by atoms with Crippen LogP contribution in [-0.4, -0.2) is 48.7 Å². The summed E-state index contributed by atoms with van der Waals surface area (Å²) in [5.41, 5.74) is -0.467. The molecule has 2 heterocycles. The smallest absolute Gasteiger partial charge is 0.163 e. The maximum Gasteiger partial charge on any atom is 0.163 e. The fourth-order valence-corrected chi connectivity index (χ4v) is 1.43. The zero-order valence-corrected chi connectivity index (χ0v) is 9.75. The maximum absolute atomic E-state index is 9.69. The van der Waals surface area contributed by atoms with Crippen LogP contribution in [0.3, 0.4) is 0 Å². The van der Waals surface area contributed by atoms with Gasteiger partial charge in [-0.15, -0.1) is 0 Å². The van der Waals surface area contributed by atoms with Crippen molar-refractivity contribution in [1.82, 2.24) is 19.7 Å². The highest BCUT2D eigenvalue weighted by Crippen LogP contribution is 2.18. The first-order valence-corrected chi connectivity index (χ1v) is 5.23. The van der Waals surface area contributed by atoms with Gasteiger partial charge in [0.2, 0.25) is 0 Å². The van der Waals surface area contributed by atoms with Crippen LogP contribution in [0.15, 0.2) is 12.5 Å². The van der Waals surface area contributed by atoms with E-state index in [1.165, 1.54) is 6.33 Å². The number of nitrogens with zero attached hydrogens (tertiary/aromatic N) is 4. The summed E-state index contributed by atoms with van der Waals surface area (Å²) in [5.74, 6) is 0.594. The highest BCUT2D eigenvalue weighted by Gasteiger charge is 2.19. The van der Waals surface area contributed by atoms with Crippen molar-refractivity contribution in [2.24, 2.45) is 7.05 Å². The fourth-order valence-electron chi connectivity index (χ4n) is 1.43. The van der Waals surface area contributed by atoms with Gasteiger partial charge in [0.1, 0.15) is 17.7 Å². The molecule has 1 atom stereocenters. The van der Waals surface area contributed by atoms with E-state index in [9.17, 15) is 5.11 Å². The van der Waals surface area contributed by atoms with E-state index in [0.717, 1.165) is 5.39 Å². The van der Waals surface area contributed by atoms with Gasteiger partial charge in [-0.1, -0.05) is 0 Å². The van der Waals surface area contributed by atoms with E-state index < -0.39 is 5.60 Å². The first kappa shape index (κ1) is 11.7. The second kappa shape index (κ2) is 4.27. The van der Waals surface area contributed by atoms with Gasteiger partial charge < -0.3 is 15.5 Å². The van der Waals surface area contributed by atoms with Crippen molar-refractivity contribution in [1.29, 1.82) is 0 Å². The van der Waals surface area contributed by atoms with E-state index in [-0.39, 0.29) is 13.2 Å². The maximum atomic E-state index is 9.69. The van der Waals surface area contributed by atoms with Gasteiger partial charge in [0.25, 0.3) is 0 Å². The summed E-state index contributed by atoms with van der Waals surface area (Å²) in [7, 11) is 1.79. The molecular formula is C10H15N5O2. The predicted octanol–water partition coefficient (Wildman–Crippen LogP) is -0.482. The molecule has 0 aromatic carbocycles. The van der Waals surface area contributed by atoms with Crippen molar-refractivity contribution in [2.75, 3.05) is 18.5 Å². The molecule has 0 radical (unpaired) electrons. The van der Waals surface area contributed by atoms with E-state index in [2.05, 4.69) is 20.4 Å². The molecule has 0 aliphatic carbocycles. The molecule has 0 spiro atoms. The van der Waals surface area contributed by atoms with Crippen LogP contribution in [0, 0.1) is 0 Å². The fraction of sp³-hybridized carbons (Fsp3) is 0.500. The lowest BCUT2D eigenvalue weighted by molar-refractivity contribution is 0.0132. The molecule has 2 rings (SSSR count). The molecule has 7 nitrogen and oxygen atoms in total. The van der Waals surface area contributed by atoms with E-state index in [4.69, 9.17) is 5.11 Å². The van der Waals surface area contributed by atoms with E-state index >= 15 is 0 Å². The molecule has 0 aliphatic rings. The summed E-state index contributed by atoms with van der Waals surface area (Å²) in [5, 5.41) is 26.5. The summed E-state index contributed by atoms with van der Waals surface area (Å²) in [4.78, 5) is 8.19. The molecule has 3 N–H and O–H groups in total. The molecular weight excluding hydrogens is 222 g/mol. The molecule has 0 bridgehead atoms. The first-order valence-electron chi connectivity index (χ1n) is 5.23. The van der Waals surface area contributed by atoms with E-state index in [1.807, 2.05) is 0 Å². The summed E-state index contributed by atoms with van der Waals surface area (Å²) in [6.45, 7) is 1.42. The number of aliphatic hydroxyl groups excluding tert-OH is 1. The van der Waals surface area contributed by atoms with Crippen LogP contribution in [0.25, 0.3) is 11.0 Å². The minimum atomic E-state index is -1.18. The second-order valence-electron chi connectivity index (χ2n) is 4.24. The van der Waals surface area contributed by atoms with Gasteiger partial charge in [-0.05, 0) is 6.92 Å². The number of aryl methyl sites for hydroxylation is 1. The lowest BCUT2D eigenvalue weighted by Gasteiger charge is -2.20. The van der Waals surface area contributed by atoms with E-state index in [0.29, 0.717) is 11.5 Å². The van der Waals surface area contributed by atoms with Gasteiger partial charge in [-0.25, -0.2) is 9.97 Å². The number of hydrogen-bond acceptors (Lipinski definition) is 6. The third kappa shape index (κ3) is 2.34. The Balaban J connectivity index is 2.25. The second-order valence-corrected chi connectivity index (χ2v) is 4.24. The van der Waals surface area contributed by atoms with Crippen molar-refractivity contribution in [2.45, 2.75) is 12.5 Å². The number of nitrogens with one attached hydrogen (secondary N) is 1. The molecule has 0 fully saturated rings. The zero-order valence-electron chi connectivity index (χ0n) is 9.75. The van der Waals surface area contributed by atoms with Crippen LogP contribution in [0.5, 0.6) is 0 Å². The van der Waals surface area contributed by atoms with Crippen LogP contribution in [0.4, 0.5) is 5.82 Å². The summed E-state index contributed by atoms with van der Waals surface area (Å²) in [6, 6.07) is 0. The minimum Gasteiger partial charge on any atom is -0.393 e. The quantitative estimate of drug-likeness (QED) is 0.664. The predicted molar refractivity (Wildman–Crippen MR) is 62.5 cm³/mol. The van der Waals surface area contributed by atoms with Gasteiger partial charge in [0.15, 0.2) is 5.65 Å². The third-order valence-corrected chi connectivity index (χ3v) is 2.51. The summed E-state index contributed by atoms with van der Waals surface area (Å²) in [6.07, 6.45) is 3.09. The highest BCUT2D eigenvalue weighted by atomic mass is 16.3. The molecule has 92 valence electrons. The Kier molecular flexibility index (Phi) is 2.95. The highest BCUT2D eigenvalue weighted by molar-refractivity contribution is 5.85. The monoisotopic (exact) mass is 237 g/mol. The van der Waals surface area contributed by atoms with Gasteiger partial charge in [0, 0.05) is 13.6 Å². The molecule has 0 saturated carbocycles. The average molecular weight is 237 g/mol. The SMILES string of the molecule is Cn1ncc2c(NCC(C)(O)CO)ncnc21.